The van der Waals surface area contributed by atoms with Crippen LogP contribution in [-0.4, -0.2) is 31.8 Å². The molecule has 0 spiro atoms. The first kappa shape index (κ1) is 17.4. The molecule has 1 N–H and O–H groups in total. The summed E-state index contributed by atoms with van der Waals surface area (Å²) in [6.07, 6.45) is 1.55. The predicted molar refractivity (Wildman–Crippen MR) is 91.9 cm³/mol. The summed E-state index contributed by atoms with van der Waals surface area (Å²) in [5, 5.41) is 8.06. The Kier molecular flexibility index (Phi) is 5.32. The zero-order valence-electron chi connectivity index (χ0n) is 12.9. The Bertz CT molecular complexity index is 928. The van der Waals surface area contributed by atoms with E-state index in [9.17, 15) is 8.42 Å². The number of aromatic nitrogens is 2. The molecular weight excluding hydrogens is 366 g/mol. The van der Waals surface area contributed by atoms with Gasteiger partial charge in [-0.2, -0.15) is 0 Å². The van der Waals surface area contributed by atoms with Crippen LogP contribution in [0.25, 0.3) is 11.5 Å². The second-order valence-corrected chi connectivity index (χ2v) is 7.05. The first-order valence-electron chi connectivity index (χ1n) is 7.31. The molecule has 1 aromatic carbocycles. The molecule has 2 aromatic heterocycles. The number of ether oxygens (including phenoxy) is 1. The maximum Gasteiger partial charge on any atom is 0.242 e. The van der Waals surface area contributed by atoms with Crippen molar-refractivity contribution in [3.63, 3.8) is 0 Å². The van der Waals surface area contributed by atoms with E-state index in [1.54, 1.807) is 42.7 Å². The van der Waals surface area contributed by atoms with Gasteiger partial charge in [0, 0.05) is 12.6 Å². The minimum absolute atomic E-state index is 0.0271. The third-order valence-corrected chi connectivity index (χ3v) is 5.14. The van der Waals surface area contributed by atoms with Crippen LogP contribution in [0.3, 0.4) is 0 Å². The van der Waals surface area contributed by atoms with Crippen molar-refractivity contribution in [3.05, 3.63) is 59.8 Å². The second-order valence-electron chi connectivity index (χ2n) is 4.91. The summed E-state index contributed by atoms with van der Waals surface area (Å²) < 4.78 is 37.3. The fraction of sp³-hybridized carbons (Fsp3) is 0.125. The predicted octanol–water partition coefficient (Wildman–Crippen LogP) is 2.75. The lowest BCUT2D eigenvalue weighted by molar-refractivity contribution is 0.307. The van der Waals surface area contributed by atoms with E-state index in [0.717, 1.165) is 0 Å². The minimum atomic E-state index is -3.69. The Morgan fingerprint density at radius 1 is 1.08 bits per heavy atom. The number of hydrogen-bond acceptors (Lipinski definition) is 6. The largest absolute Gasteiger partial charge is 0.475 e. The number of nitrogens with zero attached hydrogens (tertiary/aromatic N) is 2. The molecule has 0 aliphatic heterocycles. The van der Waals surface area contributed by atoms with Crippen LogP contribution in [0.4, 0.5) is 0 Å². The van der Waals surface area contributed by atoms with E-state index < -0.39 is 10.0 Å². The zero-order chi connectivity index (χ0) is 17.7. The van der Waals surface area contributed by atoms with Gasteiger partial charge in [-0.1, -0.05) is 23.7 Å². The first-order valence-corrected chi connectivity index (χ1v) is 9.17. The SMILES string of the molecule is O=S(=O)(NCCOc1ccc(-c2ccco2)nn1)c1ccccc1Cl. The molecular formula is C16H14ClN3O4S. The van der Waals surface area contributed by atoms with Crippen molar-refractivity contribution >= 4 is 21.6 Å². The highest BCUT2D eigenvalue weighted by molar-refractivity contribution is 7.89. The Labute approximate surface area is 149 Å². The highest BCUT2D eigenvalue weighted by Gasteiger charge is 2.16. The summed E-state index contributed by atoms with van der Waals surface area (Å²) in [5.74, 6) is 0.888. The van der Waals surface area contributed by atoms with Gasteiger partial charge in [-0.3, -0.25) is 0 Å². The monoisotopic (exact) mass is 379 g/mol. The summed E-state index contributed by atoms with van der Waals surface area (Å²) in [5.41, 5.74) is 0.580. The van der Waals surface area contributed by atoms with Crippen molar-refractivity contribution in [2.24, 2.45) is 0 Å². The van der Waals surface area contributed by atoms with Gasteiger partial charge in [-0.25, -0.2) is 13.1 Å². The van der Waals surface area contributed by atoms with E-state index >= 15 is 0 Å². The van der Waals surface area contributed by atoms with E-state index in [0.29, 0.717) is 11.5 Å². The van der Waals surface area contributed by atoms with Gasteiger partial charge >= 0.3 is 0 Å². The van der Waals surface area contributed by atoms with E-state index in [2.05, 4.69) is 14.9 Å². The summed E-state index contributed by atoms with van der Waals surface area (Å²) in [7, 11) is -3.69. The average Bonchev–Trinajstić information content (AvgIpc) is 3.14. The fourth-order valence-corrected chi connectivity index (χ4v) is 3.56. The Balaban J connectivity index is 1.52. The van der Waals surface area contributed by atoms with Crippen LogP contribution in [0, 0.1) is 0 Å². The molecule has 7 nitrogen and oxygen atoms in total. The molecule has 130 valence electrons. The van der Waals surface area contributed by atoms with E-state index in [1.807, 2.05) is 0 Å². The highest BCUT2D eigenvalue weighted by Crippen LogP contribution is 2.20. The zero-order valence-corrected chi connectivity index (χ0v) is 14.5. The molecule has 2 heterocycles. The highest BCUT2D eigenvalue weighted by atomic mass is 35.5. The van der Waals surface area contributed by atoms with Crippen LogP contribution in [0.2, 0.25) is 5.02 Å². The van der Waals surface area contributed by atoms with Gasteiger partial charge < -0.3 is 9.15 Å². The lowest BCUT2D eigenvalue weighted by Crippen LogP contribution is -2.28. The van der Waals surface area contributed by atoms with Gasteiger partial charge in [0.05, 0.1) is 11.3 Å². The van der Waals surface area contributed by atoms with Crippen molar-refractivity contribution < 1.29 is 17.6 Å². The smallest absolute Gasteiger partial charge is 0.242 e. The molecule has 0 saturated carbocycles. The minimum Gasteiger partial charge on any atom is -0.475 e. The van der Waals surface area contributed by atoms with E-state index in [4.69, 9.17) is 20.8 Å². The number of furan rings is 1. The lowest BCUT2D eigenvalue weighted by Gasteiger charge is -2.09. The van der Waals surface area contributed by atoms with Crippen LogP contribution >= 0.6 is 11.6 Å². The van der Waals surface area contributed by atoms with Gasteiger partial charge in [0.1, 0.15) is 17.2 Å². The van der Waals surface area contributed by atoms with Crippen LogP contribution in [0.15, 0.2) is 64.1 Å². The number of rotatable bonds is 7. The summed E-state index contributed by atoms with van der Waals surface area (Å²) in [4.78, 5) is 0.0271. The topological polar surface area (TPSA) is 94.3 Å². The molecule has 0 aliphatic rings. The number of sulfonamides is 1. The maximum absolute atomic E-state index is 12.2. The molecule has 0 radical (unpaired) electrons. The lowest BCUT2D eigenvalue weighted by atomic mass is 10.3. The van der Waals surface area contributed by atoms with E-state index in [-0.39, 0.29) is 28.9 Å². The Morgan fingerprint density at radius 2 is 1.92 bits per heavy atom. The van der Waals surface area contributed by atoms with Gasteiger partial charge in [0.2, 0.25) is 15.9 Å². The molecule has 0 bridgehead atoms. The normalized spacial score (nSPS) is 11.4. The third-order valence-electron chi connectivity index (χ3n) is 3.18. The molecule has 0 fully saturated rings. The van der Waals surface area contributed by atoms with Crippen LogP contribution in [0.5, 0.6) is 5.88 Å². The summed E-state index contributed by atoms with van der Waals surface area (Å²) in [6.45, 7) is 0.160. The standard InChI is InChI=1S/C16H14ClN3O4S/c17-12-4-1-2-6-15(12)25(21,22)18-9-11-24-16-8-7-13(19-20-16)14-5-3-10-23-14/h1-8,10,18H,9,11H2. The number of hydrogen-bond donors (Lipinski definition) is 1. The molecule has 25 heavy (non-hydrogen) atoms. The molecule has 0 unspecified atom stereocenters. The Hall–Kier alpha value is -2.42. The van der Waals surface area contributed by atoms with Crippen molar-refractivity contribution in [2.75, 3.05) is 13.2 Å². The second kappa shape index (κ2) is 7.64. The van der Waals surface area contributed by atoms with Gasteiger partial charge in [-0.05, 0) is 30.3 Å². The Morgan fingerprint density at radius 3 is 2.60 bits per heavy atom. The van der Waals surface area contributed by atoms with Gasteiger partial charge in [0.15, 0.2) is 5.76 Å². The molecule has 0 amide bonds. The van der Waals surface area contributed by atoms with Crippen LogP contribution in [-0.2, 0) is 10.0 Å². The van der Waals surface area contributed by atoms with Gasteiger partial charge in [-0.15, -0.1) is 10.2 Å². The molecule has 3 rings (SSSR count). The molecule has 9 heteroatoms. The fourth-order valence-electron chi connectivity index (χ4n) is 2.02. The first-order chi connectivity index (χ1) is 12.1. The summed E-state index contributed by atoms with van der Waals surface area (Å²) >= 11 is 5.90. The van der Waals surface area contributed by atoms with Crippen molar-refractivity contribution in [1.82, 2.24) is 14.9 Å². The van der Waals surface area contributed by atoms with Crippen molar-refractivity contribution in [1.29, 1.82) is 0 Å². The average molecular weight is 380 g/mol. The maximum atomic E-state index is 12.2. The number of halogens is 1. The summed E-state index contributed by atoms with van der Waals surface area (Å²) in [6, 6.07) is 13.1. The third kappa shape index (κ3) is 4.36. The van der Waals surface area contributed by atoms with Crippen molar-refractivity contribution in [2.45, 2.75) is 4.90 Å². The molecule has 3 aromatic rings. The van der Waals surface area contributed by atoms with Crippen LogP contribution < -0.4 is 9.46 Å². The van der Waals surface area contributed by atoms with Crippen LogP contribution in [0.1, 0.15) is 0 Å². The molecule has 0 saturated heterocycles. The van der Waals surface area contributed by atoms with E-state index in [1.165, 1.54) is 12.1 Å². The van der Waals surface area contributed by atoms with Crippen molar-refractivity contribution in [3.8, 4) is 17.3 Å². The quantitative estimate of drug-likeness (QED) is 0.634. The number of benzene rings is 1. The molecule has 0 atom stereocenters. The van der Waals surface area contributed by atoms with Gasteiger partial charge in [0.25, 0.3) is 0 Å². The molecule has 0 aliphatic carbocycles. The number of nitrogens with one attached hydrogen (secondary N) is 1.